The molecular formula is C36H31ClN2O2P+. The number of carbonyl (C=O) groups is 2. The number of hydrogen-bond acceptors (Lipinski definition) is 2. The van der Waals surface area contributed by atoms with Crippen molar-refractivity contribution in [2.75, 3.05) is 5.32 Å². The molecule has 0 unspecified atom stereocenters. The number of rotatable bonds is 8. The minimum Gasteiger partial charge on any atom is -0.321 e. The van der Waals surface area contributed by atoms with Crippen molar-refractivity contribution in [3.05, 3.63) is 167 Å². The van der Waals surface area contributed by atoms with E-state index >= 15 is 0 Å². The van der Waals surface area contributed by atoms with E-state index in [1.54, 1.807) is 12.1 Å². The number of nitrogens with one attached hydrogen (secondary N) is 2. The van der Waals surface area contributed by atoms with Gasteiger partial charge in [0.25, 0.3) is 11.8 Å². The number of anilines is 1. The molecule has 5 aromatic rings. The molecule has 0 spiro atoms. The lowest BCUT2D eigenvalue weighted by Gasteiger charge is -2.28. The molecule has 6 heteroatoms. The van der Waals surface area contributed by atoms with Gasteiger partial charge in [0.05, 0.1) is 0 Å². The quantitative estimate of drug-likeness (QED) is 0.150. The van der Waals surface area contributed by atoms with Crippen LogP contribution in [0.5, 0.6) is 0 Å². The first-order valence-electron chi connectivity index (χ1n) is 13.6. The van der Waals surface area contributed by atoms with Gasteiger partial charge in [-0.1, -0.05) is 90.0 Å². The maximum atomic E-state index is 14.2. The van der Waals surface area contributed by atoms with Gasteiger partial charge in [0.2, 0.25) is 4.77 Å². The van der Waals surface area contributed by atoms with Crippen molar-refractivity contribution >= 4 is 52.3 Å². The van der Waals surface area contributed by atoms with Crippen LogP contribution in [-0.2, 0) is 4.79 Å². The molecule has 0 saturated carbocycles. The Morgan fingerprint density at radius 2 is 0.976 bits per heavy atom. The monoisotopic (exact) mass is 589 g/mol. The van der Waals surface area contributed by atoms with Crippen molar-refractivity contribution in [3.8, 4) is 0 Å². The van der Waals surface area contributed by atoms with E-state index in [1.807, 2.05) is 141 Å². The third kappa shape index (κ3) is 6.06. The van der Waals surface area contributed by atoms with Crippen LogP contribution in [0, 0.1) is 13.8 Å². The molecular weight excluding hydrogens is 559 g/mol. The SMILES string of the molecule is Cc1ccc(NC(=O)C(NC(=O)c2ccc(C)cc2)=C(Cl)[P+](c2ccccc2)(c2ccccc2)c2ccccc2)cc1. The molecule has 0 atom stereocenters. The fourth-order valence-corrected chi connectivity index (χ4v) is 9.77. The molecule has 208 valence electrons. The van der Waals surface area contributed by atoms with E-state index in [0.29, 0.717) is 11.3 Å². The first-order valence-corrected chi connectivity index (χ1v) is 15.8. The maximum absolute atomic E-state index is 14.2. The number of amides is 2. The summed E-state index contributed by atoms with van der Waals surface area (Å²) < 4.78 is 0.274. The van der Waals surface area contributed by atoms with E-state index in [2.05, 4.69) is 10.6 Å². The van der Waals surface area contributed by atoms with E-state index < -0.39 is 19.1 Å². The highest BCUT2D eigenvalue weighted by Crippen LogP contribution is 2.64. The lowest BCUT2D eigenvalue weighted by molar-refractivity contribution is -0.113. The number of benzene rings is 5. The molecule has 5 aromatic carbocycles. The van der Waals surface area contributed by atoms with Gasteiger partial charge in [-0.3, -0.25) is 9.59 Å². The van der Waals surface area contributed by atoms with E-state index in [-0.39, 0.29) is 10.5 Å². The highest BCUT2D eigenvalue weighted by atomic mass is 35.5. The lowest BCUT2D eigenvalue weighted by Crippen LogP contribution is -2.37. The van der Waals surface area contributed by atoms with Crippen LogP contribution in [0.3, 0.4) is 0 Å². The standard InChI is InChI=1S/C36H30ClN2O2P/c1-26-18-22-28(23-19-26)35(40)39-33(36(41)38-29-24-20-27(2)21-25-29)34(37)42(30-12-6-3-7-13-30,31-14-8-4-9-15-31)32-16-10-5-11-17-32/h3-25H,1-2H3,(H-,38,39,40,41)/p+1. The topological polar surface area (TPSA) is 58.2 Å². The number of aryl methyl sites for hydroxylation is 2. The molecule has 0 saturated heterocycles. The minimum atomic E-state index is -2.85. The van der Waals surface area contributed by atoms with Gasteiger partial charge in [-0.05, 0) is 86.1 Å². The van der Waals surface area contributed by atoms with Crippen LogP contribution in [-0.4, -0.2) is 11.8 Å². The summed E-state index contributed by atoms with van der Waals surface area (Å²) in [6, 6.07) is 44.6. The van der Waals surface area contributed by atoms with Crippen molar-refractivity contribution in [1.29, 1.82) is 0 Å². The number of carbonyl (C=O) groups excluding carboxylic acids is 2. The largest absolute Gasteiger partial charge is 0.321 e. The molecule has 4 nitrogen and oxygen atoms in total. The van der Waals surface area contributed by atoms with Crippen LogP contribution in [0.1, 0.15) is 21.5 Å². The van der Waals surface area contributed by atoms with Gasteiger partial charge in [-0.15, -0.1) is 0 Å². The minimum absolute atomic E-state index is 0.00714. The van der Waals surface area contributed by atoms with Crippen LogP contribution in [0.2, 0.25) is 0 Å². The molecule has 0 aliphatic rings. The van der Waals surface area contributed by atoms with Gasteiger partial charge < -0.3 is 10.6 Å². The second-order valence-corrected chi connectivity index (χ2v) is 14.0. The Balaban J connectivity index is 1.77. The van der Waals surface area contributed by atoms with Gasteiger partial charge in [-0.25, -0.2) is 0 Å². The number of hydrogen-bond donors (Lipinski definition) is 2. The van der Waals surface area contributed by atoms with Crippen LogP contribution in [0.25, 0.3) is 0 Å². The average molecular weight is 590 g/mol. The van der Waals surface area contributed by atoms with Crippen LogP contribution >= 0.6 is 18.9 Å². The summed E-state index contributed by atoms with van der Waals surface area (Å²) in [6.07, 6.45) is 0. The van der Waals surface area contributed by atoms with Crippen LogP contribution in [0.15, 0.2) is 150 Å². The smallest absolute Gasteiger partial charge is 0.277 e. The zero-order valence-electron chi connectivity index (χ0n) is 23.4. The Hall–Kier alpha value is -4.50. The third-order valence-electron chi connectivity index (χ3n) is 7.02. The zero-order chi connectivity index (χ0) is 29.5. The fourth-order valence-electron chi connectivity index (χ4n) is 4.83. The van der Waals surface area contributed by atoms with E-state index in [0.717, 1.165) is 27.0 Å². The Kier molecular flexibility index (Phi) is 8.97. The van der Waals surface area contributed by atoms with Crippen molar-refractivity contribution in [2.24, 2.45) is 0 Å². The predicted octanol–water partition coefficient (Wildman–Crippen LogP) is 7.07. The Bertz CT molecular complexity index is 1610. The lowest BCUT2D eigenvalue weighted by atomic mass is 10.1. The summed E-state index contributed by atoms with van der Waals surface area (Å²) in [5, 5.41) is 8.76. The van der Waals surface area contributed by atoms with Crippen molar-refractivity contribution in [2.45, 2.75) is 13.8 Å². The molecule has 0 fully saturated rings. The summed E-state index contributed by atoms with van der Waals surface area (Å²) in [5.74, 6) is -0.925. The molecule has 42 heavy (non-hydrogen) atoms. The fraction of sp³-hybridized carbons (Fsp3) is 0.0556. The summed E-state index contributed by atoms with van der Waals surface area (Å²) in [7, 11) is -2.85. The second-order valence-electron chi connectivity index (χ2n) is 9.98. The Morgan fingerprint density at radius 1 is 0.571 bits per heavy atom. The molecule has 2 amide bonds. The van der Waals surface area contributed by atoms with Gasteiger partial charge in [0.1, 0.15) is 15.9 Å². The molecule has 0 heterocycles. The van der Waals surface area contributed by atoms with Gasteiger partial charge in [0, 0.05) is 11.3 Å². The Morgan fingerprint density at radius 3 is 1.40 bits per heavy atom. The summed E-state index contributed by atoms with van der Waals surface area (Å²) in [4.78, 5) is 27.8. The van der Waals surface area contributed by atoms with E-state index in [9.17, 15) is 9.59 Å². The zero-order valence-corrected chi connectivity index (χ0v) is 25.1. The summed E-state index contributed by atoms with van der Waals surface area (Å²) >= 11 is 7.57. The Labute approximate surface area is 252 Å². The highest BCUT2D eigenvalue weighted by molar-refractivity contribution is 8.00. The van der Waals surface area contributed by atoms with E-state index in [1.165, 1.54) is 0 Å². The van der Waals surface area contributed by atoms with Gasteiger partial charge in [-0.2, -0.15) is 0 Å². The molecule has 2 N–H and O–H groups in total. The number of halogens is 1. The molecule has 0 aliphatic carbocycles. The van der Waals surface area contributed by atoms with Gasteiger partial charge in [0.15, 0.2) is 13.0 Å². The molecule has 0 aromatic heterocycles. The molecule has 5 rings (SSSR count). The third-order valence-corrected chi connectivity index (χ3v) is 12.0. The average Bonchev–Trinajstić information content (AvgIpc) is 3.03. The predicted molar refractivity (Wildman–Crippen MR) is 176 cm³/mol. The highest BCUT2D eigenvalue weighted by Gasteiger charge is 2.52. The van der Waals surface area contributed by atoms with Crippen molar-refractivity contribution < 1.29 is 9.59 Å². The summed E-state index contributed by atoms with van der Waals surface area (Å²) in [6.45, 7) is 3.94. The normalized spacial score (nSPS) is 11.8. The molecule has 0 radical (unpaired) electrons. The van der Waals surface area contributed by atoms with Crippen LogP contribution < -0.4 is 26.5 Å². The maximum Gasteiger partial charge on any atom is 0.277 e. The second kappa shape index (κ2) is 13.0. The molecule has 0 aliphatic heterocycles. The van der Waals surface area contributed by atoms with Crippen molar-refractivity contribution in [1.82, 2.24) is 5.32 Å². The van der Waals surface area contributed by atoms with Gasteiger partial charge >= 0.3 is 0 Å². The first-order chi connectivity index (χ1) is 20.4. The van der Waals surface area contributed by atoms with Crippen molar-refractivity contribution in [3.63, 3.8) is 0 Å². The van der Waals surface area contributed by atoms with E-state index in [4.69, 9.17) is 11.6 Å². The first kappa shape index (κ1) is 29.0. The van der Waals surface area contributed by atoms with Crippen LogP contribution in [0.4, 0.5) is 5.69 Å². The molecule has 0 bridgehead atoms. The summed E-state index contributed by atoms with van der Waals surface area (Å²) in [5.41, 5.74) is 3.12.